The maximum Gasteiger partial charge on any atom is 0.335 e. The largest absolute Gasteiger partial charge is 0.497 e. The summed E-state index contributed by atoms with van der Waals surface area (Å²) in [5, 5.41) is 19.1. The molecular formula is C32H39N3O8S. The Morgan fingerprint density at radius 1 is 1.14 bits per heavy atom. The topological polar surface area (TPSA) is 146 Å². The average Bonchev–Trinajstić information content (AvgIpc) is 3.04. The fourth-order valence-corrected chi connectivity index (χ4v) is 6.17. The number of carbonyl (C=O) groups is 2. The molecule has 44 heavy (non-hydrogen) atoms. The predicted molar refractivity (Wildman–Crippen MR) is 166 cm³/mol. The number of hydrogen-bond donors (Lipinski definition) is 3. The summed E-state index contributed by atoms with van der Waals surface area (Å²) in [4.78, 5) is 28.5. The van der Waals surface area contributed by atoms with Crippen molar-refractivity contribution in [2.24, 2.45) is 5.92 Å². The van der Waals surface area contributed by atoms with Crippen molar-refractivity contribution in [2.45, 2.75) is 43.9 Å². The van der Waals surface area contributed by atoms with Crippen LogP contribution in [0.2, 0.25) is 0 Å². The number of aliphatic hydroxyl groups is 1. The lowest BCUT2D eigenvalue weighted by Gasteiger charge is -2.34. The number of benzene rings is 3. The summed E-state index contributed by atoms with van der Waals surface area (Å²) < 4.78 is 40.4. The lowest BCUT2D eigenvalue weighted by Crippen LogP contribution is -2.47. The van der Waals surface area contributed by atoms with Gasteiger partial charge in [-0.25, -0.2) is 13.2 Å². The van der Waals surface area contributed by atoms with Gasteiger partial charge < -0.3 is 24.6 Å². The van der Waals surface area contributed by atoms with E-state index in [9.17, 15) is 28.2 Å². The van der Waals surface area contributed by atoms with Crippen LogP contribution in [0.25, 0.3) is 0 Å². The van der Waals surface area contributed by atoms with Crippen LogP contribution < -0.4 is 14.2 Å². The minimum Gasteiger partial charge on any atom is -0.497 e. The van der Waals surface area contributed by atoms with Gasteiger partial charge in [0.05, 0.1) is 36.6 Å². The molecule has 0 radical (unpaired) electrons. The normalized spacial score (nSPS) is 18.0. The van der Waals surface area contributed by atoms with E-state index in [1.807, 2.05) is 14.0 Å². The highest BCUT2D eigenvalue weighted by atomic mass is 32.2. The van der Waals surface area contributed by atoms with Crippen LogP contribution in [-0.4, -0.2) is 86.3 Å². The Labute approximate surface area is 258 Å². The zero-order valence-corrected chi connectivity index (χ0v) is 26.1. The lowest BCUT2D eigenvalue weighted by atomic mass is 10.0. The summed E-state index contributed by atoms with van der Waals surface area (Å²) in [5.74, 6) is -0.302. The van der Waals surface area contributed by atoms with Crippen molar-refractivity contribution >= 4 is 27.6 Å². The van der Waals surface area contributed by atoms with Crippen molar-refractivity contribution in [3.05, 3.63) is 83.4 Å². The fraction of sp³-hybridized carbons (Fsp3) is 0.375. The summed E-state index contributed by atoms with van der Waals surface area (Å²) in [6.45, 7) is 4.96. The van der Waals surface area contributed by atoms with Gasteiger partial charge in [-0.3, -0.25) is 14.4 Å². The Morgan fingerprint density at radius 2 is 1.82 bits per heavy atom. The molecule has 11 nitrogen and oxygen atoms in total. The number of anilines is 1. The molecule has 12 heteroatoms. The summed E-state index contributed by atoms with van der Waals surface area (Å²) in [5.41, 5.74) is 1.96. The molecule has 1 aliphatic rings. The average molecular weight is 626 g/mol. The first-order chi connectivity index (χ1) is 20.9. The molecule has 1 amide bonds. The van der Waals surface area contributed by atoms with Crippen LogP contribution in [0.4, 0.5) is 5.69 Å². The number of nitrogens with one attached hydrogen (secondary N) is 1. The van der Waals surface area contributed by atoms with Crippen molar-refractivity contribution in [3.63, 3.8) is 0 Å². The second kappa shape index (κ2) is 14.1. The Balaban J connectivity index is 1.60. The van der Waals surface area contributed by atoms with Crippen molar-refractivity contribution < 1.29 is 37.7 Å². The number of hydrogen-bond acceptors (Lipinski definition) is 8. The first-order valence-electron chi connectivity index (χ1n) is 14.3. The number of likely N-dealkylation sites (N-methyl/N-ethyl adjacent to an activating group) is 1. The molecule has 0 bridgehead atoms. The van der Waals surface area contributed by atoms with E-state index in [2.05, 4.69) is 9.62 Å². The molecule has 0 aromatic heterocycles. The number of fused-ring (bicyclic) bond motifs is 1. The third-order valence-corrected chi connectivity index (χ3v) is 9.08. The van der Waals surface area contributed by atoms with Crippen LogP contribution in [0, 0.1) is 5.92 Å². The van der Waals surface area contributed by atoms with Crippen LogP contribution in [0.15, 0.2) is 71.6 Å². The van der Waals surface area contributed by atoms with Crippen LogP contribution >= 0.6 is 0 Å². The number of carbonyl (C=O) groups excluding carboxylic acids is 1. The minimum atomic E-state index is -3.92. The molecule has 1 heterocycles. The van der Waals surface area contributed by atoms with Crippen LogP contribution in [-0.2, 0) is 27.8 Å². The van der Waals surface area contributed by atoms with Crippen LogP contribution in [0.5, 0.6) is 11.5 Å². The van der Waals surface area contributed by atoms with E-state index < -0.39 is 22.0 Å². The number of methoxy groups -OCH3 is 1. The number of carboxylic acids is 1. The molecule has 0 saturated carbocycles. The molecule has 0 spiro atoms. The number of amides is 1. The number of carboxylic acid groups (broad SMARTS) is 1. The van der Waals surface area contributed by atoms with Gasteiger partial charge in [-0.05, 0) is 74.1 Å². The lowest BCUT2D eigenvalue weighted by molar-refractivity contribution is -0.134. The summed E-state index contributed by atoms with van der Waals surface area (Å²) in [6, 6.07) is 17.2. The highest BCUT2D eigenvalue weighted by molar-refractivity contribution is 7.92. The second-order valence-electron chi connectivity index (χ2n) is 11.2. The molecule has 236 valence electrons. The highest BCUT2D eigenvalue weighted by Gasteiger charge is 2.31. The van der Waals surface area contributed by atoms with E-state index in [0.29, 0.717) is 36.7 Å². The number of nitrogens with zero attached hydrogens (tertiary/aromatic N) is 2. The molecule has 0 aliphatic carbocycles. The van der Waals surface area contributed by atoms with E-state index in [0.717, 1.165) is 5.56 Å². The van der Waals surface area contributed by atoms with Gasteiger partial charge in [-0.15, -0.1) is 0 Å². The Kier molecular flexibility index (Phi) is 10.5. The van der Waals surface area contributed by atoms with E-state index in [1.165, 1.54) is 19.2 Å². The predicted octanol–water partition coefficient (Wildman–Crippen LogP) is 3.48. The highest BCUT2D eigenvalue weighted by Crippen LogP contribution is 2.30. The van der Waals surface area contributed by atoms with Crippen molar-refractivity contribution in [1.82, 2.24) is 9.80 Å². The number of aliphatic hydroxyl groups excluding tert-OH is 1. The standard InChI is InChI=1S/C32H39N3O8S/c1-21-17-35(22(2)20-36)31(37)16-25-15-26(33-44(40,41)28-12-10-27(42-4)11-13-28)9-14-29(25)43-30(21)19-34(3)18-23-5-7-24(8-6-23)32(38)39/h5-15,21-22,30,33,36H,16-20H2,1-4H3,(H,38,39)/t21-,22-,30-/m1/s1. The zero-order valence-electron chi connectivity index (χ0n) is 25.3. The molecule has 0 fully saturated rings. The first-order valence-corrected chi connectivity index (χ1v) is 15.8. The zero-order chi connectivity index (χ0) is 32.0. The van der Waals surface area contributed by atoms with Crippen LogP contribution in [0.3, 0.4) is 0 Å². The smallest absolute Gasteiger partial charge is 0.335 e. The SMILES string of the molecule is COc1ccc(S(=O)(=O)Nc2ccc3c(c2)CC(=O)N([C@H](C)CO)C[C@@H](C)[C@@H](CN(C)Cc2ccc(C(=O)O)cc2)O3)cc1. The Morgan fingerprint density at radius 3 is 2.43 bits per heavy atom. The minimum absolute atomic E-state index is 0.0387. The van der Waals surface area contributed by atoms with E-state index in [4.69, 9.17) is 9.47 Å². The van der Waals surface area contributed by atoms with E-state index >= 15 is 0 Å². The first kappa shape index (κ1) is 32.8. The van der Waals surface area contributed by atoms with Gasteiger partial charge in [0, 0.05) is 36.8 Å². The molecule has 0 saturated heterocycles. The number of rotatable bonds is 11. The van der Waals surface area contributed by atoms with Gasteiger partial charge in [0.1, 0.15) is 17.6 Å². The van der Waals surface area contributed by atoms with Crippen molar-refractivity contribution in [3.8, 4) is 11.5 Å². The second-order valence-corrected chi connectivity index (χ2v) is 12.9. The summed E-state index contributed by atoms with van der Waals surface area (Å²) >= 11 is 0. The molecule has 4 rings (SSSR count). The maximum atomic E-state index is 13.5. The van der Waals surface area contributed by atoms with E-state index in [-0.39, 0.29) is 47.1 Å². The third kappa shape index (κ3) is 8.07. The third-order valence-electron chi connectivity index (χ3n) is 7.68. The van der Waals surface area contributed by atoms with Gasteiger partial charge >= 0.3 is 5.97 Å². The molecule has 3 N–H and O–H groups in total. The van der Waals surface area contributed by atoms with Gasteiger partial charge in [0.15, 0.2) is 0 Å². The Bertz CT molecular complexity index is 1560. The van der Waals surface area contributed by atoms with Gasteiger partial charge in [0.25, 0.3) is 10.0 Å². The maximum absolute atomic E-state index is 13.5. The van der Waals surface area contributed by atoms with Crippen molar-refractivity contribution in [1.29, 1.82) is 0 Å². The number of aromatic carboxylic acids is 1. The quantitative estimate of drug-likeness (QED) is 0.292. The number of ether oxygens (including phenoxy) is 2. The molecule has 3 aromatic rings. The monoisotopic (exact) mass is 625 g/mol. The molecular weight excluding hydrogens is 586 g/mol. The molecule has 1 aliphatic heterocycles. The fourth-order valence-electron chi connectivity index (χ4n) is 5.12. The summed E-state index contributed by atoms with van der Waals surface area (Å²) in [7, 11) is -0.483. The molecule has 3 atom stereocenters. The van der Waals surface area contributed by atoms with Crippen molar-refractivity contribution in [2.75, 3.05) is 38.6 Å². The Hall–Kier alpha value is -4.13. The van der Waals surface area contributed by atoms with Gasteiger partial charge in [0.2, 0.25) is 5.91 Å². The molecule has 3 aromatic carbocycles. The van der Waals surface area contributed by atoms with Crippen LogP contribution in [0.1, 0.15) is 35.3 Å². The van der Waals surface area contributed by atoms with Gasteiger partial charge in [-0.1, -0.05) is 19.1 Å². The van der Waals surface area contributed by atoms with Gasteiger partial charge in [-0.2, -0.15) is 0 Å². The molecule has 0 unspecified atom stereocenters. The summed E-state index contributed by atoms with van der Waals surface area (Å²) in [6.07, 6.45) is -0.402. The number of sulfonamides is 1. The van der Waals surface area contributed by atoms with E-state index in [1.54, 1.807) is 66.4 Å².